The topological polar surface area (TPSA) is 70.1 Å². The van der Waals surface area contributed by atoms with Crippen molar-refractivity contribution in [1.82, 2.24) is 9.55 Å². The molecule has 0 radical (unpaired) electrons. The summed E-state index contributed by atoms with van der Waals surface area (Å²) in [5.74, 6) is 0.833. The van der Waals surface area contributed by atoms with Gasteiger partial charge in [-0.25, -0.2) is 0 Å². The molecule has 0 bridgehead atoms. The van der Waals surface area contributed by atoms with E-state index in [1.54, 1.807) is 16.8 Å². The van der Waals surface area contributed by atoms with Crippen LogP contribution in [0.5, 0.6) is 5.75 Å². The molecule has 0 aliphatic rings. The lowest BCUT2D eigenvalue weighted by Crippen LogP contribution is -2.22. The number of ether oxygens (including phenoxy) is 1. The van der Waals surface area contributed by atoms with Gasteiger partial charge in [0.1, 0.15) is 5.75 Å². The Kier molecular flexibility index (Phi) is 5.72. The van der Waals surface area contributed by atoms with Crippen LogP contribution < -0.4 is 16.0 Å². The lowest BCUT2D eigenvalue weighted by atomic mass is 10.0. The van der Waals surface area contributed by atoms with Crippen LogP contribution in [0, 0.1) is 12.8 Å². The summed E-state index contributed by atoms with van der Waals surface area (Å²) in [5.41, 5.74) is 7.48. The molecule has 2 heterocycles. The fraction of sp³-hybridized carbons (Fsp3) is 0.429. The molecule has 2 unspecified atom stereocenters. The molecule has 6 heteroatoms. The van der Waals surface area contributed by atoms with Crippen molar-refractivity contribution in [3.05, 3.63) is 45.5 Å². The average molecular weight is 388 g/mol. The quantitative estimate of drug-likeness (QED) is 0.641. The Hall–Kier alpha value is -2.11. The minimum absolute atomic E-state index is 0.0544. The molecule has 0 amide bonds. The van der Waals surface area contributed by atoms with Gasteiger partial charge in [-0.2, -0.15) is 0 Å². The highest BCUT2D eigenvalue weighted by Gasteiger charge is 2.16. The lowest BCUT2D eigenvalue weighted by molar-refractivity contribution is 0.247. The van der Waals surface area contributed by atoms with Crippen LogP contribution in [0.15, 0.2) is 29.2 Å². The van der Waals surface area contributed by atoms with Crippen LogP contribution in [-0.4, -0.2) is 22.2 Å². The largest absolute Gasteiger partial charge is 0.492 e. The van der Waals surface area contributed by atoms with Gasteiger partial charge in [-0.05, 0) is 56.7 Å². The van der Waals surface area contributed by atoms with Crippen LogP contribution in [0.2, 0.25) is 5.02 Å². The standard InChI is InChI=1S/C21H26ClN3O2/c1-5-25-20-14(4)24-7-6-15(20)16-9-18(22)19(10-17(16)21(25)26)27-11-12(2)8-13(3)23/h6-7,9-10,12-13H,5,8,11,23H2,1-4H3. The molecule has 27 heavy (non-hydrogen) atoms. The highest BCUT2D eigenvalue weighted by molar-refractivity contribution is 6.33. The molecule has 2 atom stereocenters. The molecule has 5 nitrogen and oxygen atoms in total. The summed E-state index contributed by atoms with van der Waals surface area (Å²) in [6.07, 6.45) is 2.63. The Labute approximate surface area is 164 Å². The third-order valence-electron chi connectivity index (χ3n) is 4.83. The van der Waals surface area contributed by atoms with Crippen LogP contribution in [-0.2, 0) is 6.54 Å². The van der Waals surface area contributed by atoms with E-state index in [2.05, 4.69) is 11.9 Å². The van der Waals surface area contributed by atoms with Crippen LogP contribution >= 0.6 is 11.6 Å². The van der Waals surface area contributed by atoms with E-state index in [9.17, 15) is 4.79 Å². The average Bonchev–Trinajstić information content (AvgIpc) is 2.61. The van der Waals surface area contributed by atoms with Gasteiger partial charge in [0, 0.05) is 24.2 Å². The summed E-state index contributed by atoms with van der Waals surface area (Å²) < 4.78 is 7.68. The van der Waals surface area contributed by atoms with Gasteiger partial charge >= 0.3 is 0 Å². The minimum atomic E-state index is -0.0544. The summed E-state index contributed by atoms with van der Waals surface area (Å²) in [6.45, 7) is 9.02. The number of hydrogen-bond donors (Lipinski definition) is 1. The van der Waals surface area contributed by atoms with E-state index in [-0.39, 0.29) is 11.6 Å². The molecule has 3 aromatic rings. The molecule has 2 N–H and O–H groups in total. The number of fused-ring (bicyclic) bond motifs is 3. The Morgan fingerprint density at radius 3 is 2.67 bits per heavy atom. The number of halogens is 1. The summed E-state index contributed by atoms with van der Waals surface area (Å²) in [7, 11) is 0. The number of benzene rings is 1. The number of aryl methyl sites for hydroxylation is 2. The first-order valence-corrected chi connectivity index (χ1v) is 9.71. The van der Waals surface area contributed by atoms with E-state index in [1.807, 2.05) is 32.9 Å². The smallest absolute Gasteiger partial charge is 0.259 e. The molecule has 1 aromatic carbocycles. The van der Waals surface area contributed by atoms with Crippen molar-refractivity contribution in [2.75, 3.05) is 6.61 Å². The molecular formula is C21H26ClN3O2. The molecular weight excluding hydrogens is 362 g/mol. The summed E-state index contributed by atoms with van der Waals surface area (Å²) in [6, 6.07) is 5.64. The predicted octanol–water partition coefficient (Wildman–Crippen LogP) is 4.28. The number of rotatable bonds is 6. The molecule has 3 rings (SSSR count). The Morgan fingerprint density at radius 1 is 1.26 bits per heavy atom. The van der Waals surface area contributed by atoms with E-state index in [0.29, 0.717) is 35.2 Å². The molecule has 0 aliphatic carbocycles. The van der Waals surface area contributed by atoms with E-state index in [1.165, 1.54) is 0 Å². The first-order chi connectivity index (χ1) is 12.8. The highest BCUT2D eigenvalue weighted by atomic mass is 35.5. The van der Waals surface area contributed by atoms with Crippen LogP contribution in [0.3, 0.4) is 0 Å². The van der Waals surface area contributed by atoms with Gasteiger partial charge in [-0.3, -0.25) is 9.78 Å². The van der Waals surface area contributed by atoms with Crippen molar-refractivity contribution in [2.45, 2.75) is 46.7 Å². The fourth-order valence-electron chi connectivity index (χ4n) is 3.66. The van der Waals surface area contributed by atoms with E-state index < -0.39 is 0 Å². The second-order valence-electron chi connectivity index (χ2n) is 7.30. The van der Waals surface area contributed by atoms with Gasteiger partial charge in [0.05, 0.1) is 28.2 Å². The van der Waals surface area contributed by atoms with Gasteiger partial charge < -0.3 is 15.0 Å². The first-order valence-electron chi connectivity index (χ1n) is 9.33. The predicted molar refractivity (Wildman–Crippen MR) is 112 cm³/mol. The van der Waals surface area contributed by atoms with Crippen LogP contribution in [0.1, 0.15) is 32.9 Å². The van der Waals surface area contributed by atoms with Gasteiger partial charge in [-0.15, -0.1) is 0 Å². The summed E-state index contributed by atoms with van der Waals surface area (Å²) in [4.78, 5) is 17.4. The first kappa shape index (κ1) is 19.6. The zero-order valence-electron chi connectivity index (χ0n) is 16.3. The number of hydrogen-bond acceptors (Lipinski definition) is 4. The molecule has 0 fully saturated rings. The van der Waals surface area contributed by atoms with E-state index >= 15 is 0 Å². The monoisotopic (exact) mass is 387 g/mol. The fourth-order valence-corrected chi connectivity index (χ4v) is 3.88. The maximum atomic E-state index is 13.1. The molecule has 144 valence electrons. The van der Waals surface area contributed by atoms with Crippen molar-refractivity contribution in [3.8, 4) is 5.75 Å². The Bertz CT molecular complexity index is 1040. The summed E-state index contributed by atoms with van der Waals surface area (Å²) in [5, 5.41) is 2.90. The molecule has 2 aromatic heterocycles. The third kappa shape index (κ3) is 3.80. The third-order valence-corrected chi connectivity index (χ3v) is 5.12. The molecule has 0 saturated heterocycles. The number of nitrogens with two attached hydrogens (primary N) is 1. The molecule has 0 aliphatic heterocycles. The second kappa shape index (κ2) is 7.87. The van der Waals surface area contributed by atoms with Gasteiger partial charge in [0.25, 0.3) is 5.56 Å². The van der Waals surface area contributed by atoms with Crippen molar-refractivity contribution < 1.29 is 4.74 Å². The zero-order chi connectivity index (χ0) is 19.7. The highest BCUT2D eigenvalue weighted by Crippen LogP contribution is 2.33. The summed E-state index contributed by atoms with van der Waals surface area (Å²) >= 11 is 6.48. The molecule has 0 spiro atoms. The SMILES string of the molecule is CCn1c(=O)c2cc(OCC(C)CC(C)N)c(Cl)cc2c2ccnc(C)c21. The lowest BCUT2D eigenvalue weighted by Gasteiger charge is -2.17. The number of aromatic nitrogens is 2. The maximum absolute atomic E-state index is 13.1. The van der Waals surface area contributed by atoms with Crippen LogP contribution in [0.4, 0.5) is 0 Å². The van der Waals surface area contributed by atoms with E-state index in [0.717, 1.165) is 28.4 Å². The van der Waals surface area contributed by atoms with Crippen LogP contribution in [0.25, 0.3) is 21.7 Å². The Balaban J connectivity index is 2.13. The number of nitrogens with zero attached hydrogens (tertiary/aromatic N) is 2. The van der Waals surface area contributed by atoms with Gasteiger partial charge in [0.2, 0.25) is 0 Å². The number of pyridine rings is 2. The van der Waals surface area contributed by atoms with Crippen molar-refractivity contribution >= 4 is 33.3 Å². The maximum Gasteiger partial charge on any atom is 0.259 e. The second-order valence-corrected chi connectivity index (χ2v) is 7.71. The van der Waals surface area contributed by atoms with Crippen molar-refractivity contribution in [2.24, 2.45) is 11.7 Å². The van der Waals surface area contributed by atoms with Crippen molar-refractivity contribution in [3.63, 3.8) is 0 Å². The minimum Gasteiger partial charge on any atom is -0.492 e. The Morgan fingerprint density at radius 2 is 2.00 bits per heavy atom. The zero-order valence-corrected chi connectivity index (χ0v) is 17.0. The molecule has 0 saturated carbocycles. The van der Waals surface area contributed by atoms with Gasteiger partial charge in [0.15, 0.2) is 0 Å². The van der Waals surface area contributed by atoms with Gasteiger partial charge in [-0.1, -0.05) is 18.5 Å². The van der Waals surface area contributed by atoms with E-state index in [4.69, 9.17) is 22.1 Å². The van der Waals surface area contributed by atoms with Crippen molar-refractivity contribution in [1.29, 1.82) is 0 Å². The normalized spacial score (nSPS) is 13.9.